The van der Waals surface area contributed by atoms with Gasteiger partial charge in [0.05, 0.1) is 0 Å². The average Bonchev–Trinajstić information content (AvgIpc) is 1.80. The van der Waals surface area contributed by atoms with Crippen LogP contribution in [0.2, 0.25) is 0 Å². The van der Waals surface area contributed by atoms with E-state index >= 15 is 0 Å². The maximum absolute atomic E-state index is 9.93. The maximum atomic E-state index is 9.93. The number of carbonyl (C=O) groups is 1. The standard InChI is InChI=1S/C6H13NO2.Ag/c7-5-3-1-2-4-6(8)9;/h1-5,7H2,(H,8,9);. The van der Waals surface area contributed by atoms with E-state index in [4.69, 9.17) is 10.8 Å². The van der Waals surface area contributed by atoms with Crippen LogP contribution >= 0.6 is 0 Å². The van der Waals surface area contributed by atoms with Gasteiger partial charge in [0.25, 0.3) is 0 Å². The van der Waals surface area contributed by atoms with Gasteiger partial charge in [-0.3, -0.25) is 4.79 Å². The molecule has 3 N–H and O–H groups in total. The first-order valence-electron chi connectivity index (χ1n) is 3.19. The van der Waals surface area contributed by atoms with Crippen LogP contribution in [0.1, 0.15) is 25.7 Å². The molecule has 65 valence electrons. The molecule has 0 aliphatic heterocycles. The zero-order valence-electron chi connectivity index (χ0n) is 5.77. The minimum absolute atomic E-state index is 0. The van der Waals surface area contributed by atoms with Crippen molar-refractivity contribution in [1.29, 1.82) is 0 Å². The number of aliphatic carboxylic acids is 1. The number of hydrogen-bond donors (Lipinski definition) is 2. The number of carboxylic acids is 1. The van der Waals surface area contributed by atoms with Gasteiger partial charge in [-0.25, -0.2) is 0 Å². The van der Waals surface area contributed by atoms with Crippen molar-refractivity contribution < 1.29 is 32.3 Å². The quantitative estimate of drug-likeness (QED) is 0.545. The Kier molecular flexibility index (Phi) is 11.7. The molecule has 0 aliphatic rings. The van der Waals surface area contributed by atoms with Crippen LogP contribution in [0.4, 0.5) is 0 Å². The molecule has 0 heterocycles. The van der Waals surface area contributed by atoms with Crippen LogP contribution < -0.4 is 5.73 Å². The molecule has 0 aromatic carbocycles. The number of carboxylic acid groups (broad SMARTS) is 1. The van der Waals surface area contributed by atoms with Crippen molar-refractivity contribution in [1.82, 2.24) is 0 Å². The first kappa shape index (κ1) is 12.8. The fraction of sp³-hybridized carbons (Fsp3) is 0.833. The molecule has 0 unspecified atom stereocenters. The van der Waals surface area contributed by atoms with Crippen molar-refractivity contribution in [2.75, 3.05) is 6.54 Å². The van der Waals surface area contributed by atoms with Gasteiger partial charge in [0, 0.05) is 28.8 Å². The summed E-state index contributed by atoms with van der Waals surface area (Å²) in [5.41, 5.74) is 5.20. The molecule has 0 saturated carbocycles. The van der Waals surface area contributed by atoms with Crippen molar-refractivity contribution in [3.63, 3.8) is 0 Å². The van der Waals surface area contributed by atoms with Crippen LogP contribution in [-0.2, 0) is 27.2 Å². The van der Waals surface area contributed by atoms with Crippen LogP contribution in [0.15, 0.2) is 0 Å². The molecule has 3 nitrogen and oxygen atoms in total. The Morgan fingerprint density at radius 3 is 2.30 bits per heavy atom. The topological polar surface area (TPSA) is 63.3 Å². The summed E-state index contributed by atoms with van der Waals surface area (Å²) in [5.74, 6) is -0.716. The van der Waals surface area contributed by atoms with Gasteiger partial charge >= 0.3 is 5.97 Å². The fourth-order valence-corrected chi connectivity index (χ4v) is 0.597. The van der Waals surface area contributed by atoms with Gasteiger partial charge < -0.3 is 10.8 Å². The van der Waals surface area contributed by atoms with E-state index in [9.17, 15) is 4.79 Å². The zero-order valence-corrected chi connectivity index (χ0v) is 7.25. The Bertz CT molecular complexity index is 87.8. The van der Waals surface area contributed by atoms with E-state index in [0.717, 1.165) is 19.3 Å². The summed E-state index contributed by atoms with van der Waals surface area (Å²) in [7, 11) is 0. The zero-order chi connectivity index (χ0) is 7.11. The van der Waals surface area contributed by atoms with Crippen LogP contribution in [-0.4, -0.2) is 17.6 Å². The molecule has 4 heteroatoms. The molecular weight excluding hydrogens is 226 g/mol. The molecule has 10 heavy (non-hydrogen) atoms. The van der Waals surface area contributed by atoms with E-state index in [2.05, 4.69) is 0 Å². The molecule has 0 saturated heterocycles. The van der Waals surface area contributed by atoms with Gasteiger partial charge in [0.2, 0.25) is 0 Å². The summed E-state index contributed by atoms with van der Waals surface area (Å²) in [4.78, 5) is 9.93. The number of hydrogen-bond acceptors (Lipinski definition) is 2. The van der Waals surface area contributed by atoms with E-state index in [-0.39, 0.29) is 28.8 Å². The molecule has 0 amide bonds. The van der Waals surface area contributed by atoms with Gasteiger partial charge in [0.15, 0.2) is 0 Å². The molecular formula is C6H13AgNO2. The average molecular weight is 239 g/mol. The van der Waals surface area contributed by atoms with Crippen molar-refractivity contribution in [3.8, 4) is 0 Å². The van der Waals surface area contributed by atoms with Gasteiger partial charge in [0.1, 0.15) is 0 Å². The third-order valence-corrected chi connectivity index (χ3v) is 1.09. The van der Waals surface area contributed by atoms with Gasteiger partial charge in [-0.1, -0.05) is 6.42 Å². The predicted octanol–water partition coefficient (Wildman–Crippen LogP) is 0.588. The number of rotatable bonds is 5. The van der Waals surface area contributed by atoms with Crippen LogP contribution in [0.3, 0.4) is 0 Å². The van der Waals surface area contributed by atoms with Crippen molar-refractivity contribution in [3.05, 3.63) is 0 Å². The summed E-state index contributed by atoms with van der Waals surface area (Å²) < 4.78 is 0. The van der Waals surface area contributed by atoms with Crippen molar-refractivity contribution in [2.24, 2.45) is 5.73 Å². The van der Waals surface area contributed by atoms with Crippen molar-refractivity contribution in [2.45, 2.75) is 25.7 Å². The normalized spacial score (nSPS) is 8.50. The third kappa shape index (κ3) is 11.0. The molecule has 0 aliphatic carbocycles. The molecule has 0 rings (SSSR count). The maximum Gasteiger partial charge on any atom is 0.303 e. The minimum atomic E-state index is -0.716. The van der Waals surface area contributed by atoms with Gasteiger partial charge in [-0.15, -0.1) is 0 Å². The second-order valence-electron chi connectivity index (χ2n) is 1.99. The van der Waals surface area contributed by atoms with Crippen LogP contribution in [0.25, 0.3) is 0 Å². The van der Waals surface area contributed by atoms with Crippen LogP contribution in [0.5, 0.6) is 0 Å². The Labute approximate surface area is 76.5 Å². The van der Waals surface area contributed by atoms with E-state index in [1.807, 2.05) is 0 Å². The predicted molar refractivity (Wildman–Crippen MR) is 35.2 cm³/mol. The monoisotopic (exact) mass is 238 g/mol. The van der Waals surface area contributed by atoms with Gasteiger partial charge in [-0.2, -0.15) is 0 Å². The SMILES string of the molecule is NCCCCCC(=O)O.[Ag]. The van der Waals surface area contributed by atoms with Crippen molar-refractivity contribution >= 4 is 5.97 Å². The first-order chi connectivity index (χ1) is 4.27. The molecule has 0 bridgehead atoms. The van der Waals surface area contributed by atoms with Gasteiger partial charge in [-0.05, 0) is 19.4 Å². The molecule has 0 spiro atoms. The summed E-state index contributed by atoms with van der Waals surface area (Å²) in [5, 5.41) is 8.18. The fourth-order valence-electron chi connectivity index (χ4n) is 0.597. The summed E-state index contributed by atoms with van der Waals surface area (Å²) in [6, 6.07) is 0. The van der Waals surface area contributed by atoms with E-state index < -0.39 is 5.97 Å². The smallest absolute Gasteiger partial charge is 0.303 e. The molecule has 1 radical (unpaired) electrons. The van der Waals surface area contributed by atoms with Crippen LogP contribution in [0, 0.1) is 0 Å². The van der Waals surface area contributed by atoms with E-state index in [0.29, 0.717) is 6.54 Å². The number of unbranched alkanes of at least 4 members (excludes halogenated alkanes) is 2. The largest absolute Gasteiger partial charge is 0.481 e. The Morgan fingerprint density at radius 1 is 1.30 bits per heavy atom. The molecule has 0 fully saturated rings. The Morgan fingerprint density at radius 2 is 1.90 bits per heavy atom. The van der Waals surface area contributed by atoms with E-state index in [1.54, 1.807) is 0 Å². The molecule has 0 aromatic rings. The van der Waals surface area contributed by atoms with E-state index in [1.165, 1.54) is 0 Å². The minimum Gasteiger partial charge on any atom is -0.481 e. The summed E-state index contributed by atoms with van der Waals surface area (Å²) in [6.45, 7) is 0.666. The summed E-state index contributed by atoms with van der Waals surface area (Å²) in [6.07, 6.45) is 2.91. The second-order valence-corrected chi connectivity index (χ2v) is 1.99. The first-order valence-corrected chi connectivity index (χ1v) is 3.19. The number of nitrogens with two attached hydrogens (primary N) is 1. The molecule has 0 aromatic heterocycles. The summed E-state index contributed by atoms with van der Waals surface area (Å²) >= 11 is 0. The second kappa shape index (κ2) is 9.17. The third-order valence-electron chi connectivity index (χ3n) is 1.09. The Balaban J connectivity index is 0. The Hall–Kier alpha value is 0.170. The molecule has 0 atom stereocenters.